The molecule has 98 valence electrons. The van der Waals surface area contributed by atoms with E-state index in [0.29, 0.717) is 22.0 Å². The van der Waals surface area contributed by atoms with Crippen LogP contribution in [0.5, 0.6) is 0 Å². The van der Waals surface area contributed by atoms with Crippen LogP contribution >= 0.6 is 27.5 Å². The molecule has 0 heterocycles. The van der Waals surface area contributed by atoms with Gasteiger partial charge in [0.15, 0.2) is 0 Å². The first-order chi connectivity index (χ1) is 8.99. The summed E-state index contributed by atoms with van der Waals surface area (Å²) in [5.41, 5.74) is 8.19. The Kier molecular flexibility index (Phi) is 4.12. The van der Waals surface area contributed by atoms with E-state index in [4.69, 9.17) is 17.3 Å². The molecule has 3 N–H and O–H groups in total. The Bertz CT molecular complexity index is 643. The number of amides is 1. The monoisotopic (exact) mass is 338 g/mol. The second-order valence-corrected chi connectivity index (χ2v) is 5.37. The van der Waals surface area contributed by atoms with Gasteiger partial charge in [-0.1, -0.05) is 33.6 Å². The second kappa shape index (κ2) is 5.63. The molecule has 0 aliphatic rings. The van der Waals surface area contributed by atoms with Crippen LogP contribution in [0, 0.1) is 6.92 Å². The van der Waals surface area contributed by atoms with E-state index in [9.17, 15) is 4.79 Å². The maximum absolute atomic E-state index is 12.2. The summed E-state index contributed by atoms with van der Waals surface area (Å²) in [5.74, 6) is -0.203. The number of nitrogens with one attached hydrogen (secondary N) is 1. The van der Waals surface area contributed by atoms with Gasteiger partial charge in [-0.2, -0.15) is 0 Å². The standard InChI is InChI=1S/C14H12BrClN2O/c1-8-10(3-2-4-11(8)15)14(19)18-13-6-5-9(17)7-12(13)16/h2-7H,17H2,1H3,(H,18,19). The number of halogens is 2. The van der Waals surface area contributed by atoms with Crippen LogP contribution in [-0.4, -0.2) is 5.91 Å². The van der Waals surface area contributed by atoms with E-state index in [0.717, 1.165) is 10.0 Å². The van der Waals surface area contributed by atoms with E-state index in [1.807, 2.05) is 19.1 Å². The molecule has 19 heavy (non-hydrogen) atoms. The maximum Gasteiger partial charge on any atom is 0.256 e. The molecule has 0 aromatic heterocycles. The van der Waals surface area contributed by atoms with E-state index in [1.165, 1.54) is 0 Å². The Balaban J connectivity index is 2.28. The van der Waals surface area contributed by atoms with Gasteiger partial charge in [-0.25, -0.2) is 0 Å². The zero-order chi connectivity index (χ0) is 14.0. The van der Waals surface area contributed by atoms with Crippen molar-refractivity contribution >= 4 is 44.8 Å². The lowest BCUT2D eigenvalue weighted by Gasteiger charge is -2.10. The summed E-state index contributed by atoms with van der Waals surface area (Å²) in [6.45, 7) is 1.88. The molecule has 2 aromatic rings. The van der Waals surface area contributed by atoms with Crippen LogP contribution < -0.4 is 11.1 Å². The van der Waals surface area contributed by atoms with Crippen molar-refractivity contribution in [2.24, 2.45) is 0 Å². The third-order valence-corrected chi connectivity index (χ3v) is 3.93. The number of anilines is 2. The van der Waals surface area contributed by atoms with Crippen molar-refractivity contribution in [3.63, 3.8) is 0 Å². The molecular weight excluding hydrogens is 328 g/mol. The van der Waals surface area contributed by atoms with E-state index in [2.05, 4.69) is 21.2 Å². The lowest BCUT2D eigenvalue weighted by molar-refractivity contribution is 0.102. The molecule has 3 nitrogen and oxygen atoms in total. The number of nitrogens with two attached hydrogens (primary N) is 1. The fourth-order valence-electron chi connectivity index (χ4n) is 1.68. The van der Waals surface area contributed by atoms with Crippen molar-refractivity contribution in [2.45, 2.75) is 6.92 Å². The van der Waals surface area contributed by atoms with Crippen LogP contribution in [0.2, 0.25) is 5.02 Å². The first-order valence-electron chi connectivity index (χ1n) is 5.60. The summed E-state index contributed by atoms with van der Waals surface area (Å²) >= 11 is 9.43. The van der Waals surface area contributed by atoms with Crippen molar-refractivity contribution in [3.8, 4) is 0 Å². The smallest absolute Gasteiger partial charge is 0.256 e. The Labute approximate surface area is 124 Å². The first kappa shape index (κ1) is 13.9. The highest BCUT2D eigenvalue weighted by Gasteiger charge is 2.12. The first-order valence-corrected chi connectivity index (χ1v) is 6.77. The van der Waals surface area contributed by atoms with Crippen LogP contribution in [-0.2, 0) is 0 Å². The third-order valence-electron chi connectivity index (χ3n) is 2.75. The molecule has 0 fully saturated rings. The van der Waals surface area contributed by atoms with Crippen molar-refractivity contribution in [2.75, 3.05) is 11.1 Å². The van der Waals surface area contributed by atoms with Crippen molar-refractivity contribution in [1.82, 2.24) is 0 Å². The lowest BCUT2D eigenvalue weighted by Crippen LogP contribution is -2.13. The normalized spacial score (nSPS) is 10.3. The van der Waals surface area contributed by atoms with Crippen LogP contribution in [0.25, 0.3) is 0 Å². The molecule has 2 aromatic carbocycles. The molecule has 0 unspecified atom stereocenters. The summed E-state index contributed by atoms with van der Waals surface area (Å²) < 4.78 is 0.892. The van der Waals surface area contributed by atoms with Gasteiger partial charge in [-0.05, 0) is 42.8 Å². The van der Waals surface area contributed by atoms with Gasteiger partial charge in [0.25, 0.3) is 5.91 Å². The van der Waals surface area contributed by atoms with E-state index in [-0.39, 0.29) is 5.91 Å². The van der Waals surface area contributed by atoms with Crippen molar-refractivity contribution in [1.29, 1.82) is 0 Å². The van der Waals surface area contributed by atoms with Crippen LogP contribution in [0.15, 0.2) is 40.9 Å². The van der Waals surface area contributed by atoms with E-state index < -0.39 is 0 Å². The van der Waals surface area contributed by atoms with Crippen molar-refractivity contribution < 1.29 is 4.79 Å². The topological polar surface area (TPSA) is 55.1 Å². The molecule has 0 saturated carbocycles. The molecule has 5 heteroatoms. The molecule has 2 rings (SSSR count). The minimum absolute atomic E-state index is 0.203. The summed E-state index contributed by atoms with van der Waals surface area (Å²) in [5, 5.41) is 3.19. The molecule has 0 saturated heterocycles. The summed E-state index contributed by atoms with van der Waals surface area (Å²) in [6, 6.07) is 10.4. The maximum atomic E-state index is 12.2. The number of rotatable bonds is 2. The van der Waals surface area contributed by atoms with Crippen LogP contribution in [0.3, 0.4) is 0 Å². The van der Waals surface area contributed by atoms with Gasteiger partial charge in [-0.3, -0.25) is 4.79 Å². The molecule has 0 spiro atoms. The summed E-state index contributed by atoms with van der Waals surface area (Å²) in [4.78, 5) is 12.2. The molecule has 1 amide bonds. The van der Waals surface area contributed by atoms with Gasteiger partial charge in [0.2, 0.25) is 0 Å². The third kappa shape index (κ3) is 3.08. The summed E-state index contributed by atoms with van der Waals surface area (Å²) in [7, 11) is 0. The molecule has 0 aliphatic heterocycles. The molecular formula is C14H12BrClN2O. The number of hydrogen-bond acceptors (Lipinski definition) is 2. The molecule has 0 radical (unpaired) electrons. The highest BCUT2D eigenvalue weighted by molar-refractivity contribution is 9.10. The average molecular weight is 340 g/mol. The number of carbonyl (C=O) groups is 1. The predicted octanol–water partition coefficient (Wildman–Crippen LogP) is 4.25. The Morgan fingerprint density at radius 2 is 2.05 bits per heavy atom. The van der Waals surface area contributed by atoms with Crippen LogP contribution in [0.1, 0.15) is 15.9 Å². The Morgan fingerprint density at radius 1 is 1.32 bits per heavy atom. The van der Waals surface area contributed by atoms with Gasteiger partial charge in [0.05, 0.1) is 10.7 Å². The Hall–Kier alpha value is -1.52. The Morgan fingerprint density at radius 3 is 2.74 bits per heavy atom. The van der Waals surface area contributed by atoms with Gasteiger partial charge in [-0.15, -0.1) is 0 Å². The SMILES string of the molecule is Cc1c(Br)cccc1C(=O)Nc1ccc(N)cc1Cl. The van der Waals surface area contributed by atoms with Crippen molar-refractivity contribution in [3.05, 3.63) is 57.0 Å². The fraction of sp³-hybridized carbons (Fsp3) is 0.0714. The molecule has 0 bridgehead atoms. The highest BCUT2D eigenvalue weighted by Crippen LogP contribution is 2.26. The number of hydrogen-bond donors (Lipinski definition) is 2. The molecule has 0 atom stereocenters. The van der Waals surface area contributed by atoms with E-state index in [1.54, 1.807) is 24.3 Å². The largest absolute Gasteiger partial charge is 0.399 e. The molecule has 0 aliphatic carbocycles. The fourth-order valence-corrected chi connectivity index (χ4v) is 2.28. The van der Waals surface area contributed by atoms with E-state index >= 15 is 0 Å². The number of carbonyl (C=O) groups excluding carboxylic acids is 1. The van der Waals surface area contributed by atoms with Gasteiger partial charge < -0.3 is 11.1 Å². The predicted molar refractivity (Wildman–Crippen MR) is 82.7 cm³/mol. The average Bonchev–Trinajstić information content (AvgIpc) is 2.36. The van der Waals surface area contributed by atoms with Crippen LogP contribution in [0.4, 0.5) is 11.4 Å². The number of nitrogen functional groups attached to an aromatic ring is 1. The summed E-state index contributed by atoms with van der Waals surface area (Å²) in [6.07, 6.45) is 0. The zero-order valence-electron chi connectivity index (χ0n) is 10.2. The number of benzene rings is 2. The highest BCUT2D eigenvalue weighted by atomic mass is 79.9. The minimum Gasteiger partial charge on any atom is -0.399 e. The van der Waals surface area contributed by atoms with Gasteiger partial charge in [0, 0.05) is 15.7 Å². The van der Waals surface area contributed by atoms with Gasteiger partial charge >= 0.3 is 0 Å². The van der Waals surface area contributed by atoms with Gasteiger partial charge in [0.1, 0.15) is 0 Å². The second-order valence-electron chi connectivity index (χ2n) is 4.11. The quantitative estimate of drug-likeness (QED) is 0.804. The zero-order valence-corrected chi connectivity index (χ0v) is 12.5. The minimum atomic E-state index is -0.203. The lowest BCUT2D eigenvalue weighted by atomic mass is 10.1.